The number of ether oxygens (including phenoxy) is 2. The predicted octanol–water partition coefficient (Wildman–Crippen LogP) is 0.519. The van der Waals surface area contributed by atoms with E-state index in [0.717, 1.165) is 0 Å². The van der Waals surface area contributed by atoms with E-state index >= 15 is 0 Å². The molecule has 0 fully saturated rings. The van der Waals surface area contributed by atoms with Crippen LogP contribution in [0.5, 0.6) is 5.75 Å². The molecule has 0 amide bonds. The SMILES string of the molecule is COc1cccc(C(=O)OCC(=O)O)c1N. The molecule has 86 valence electrons. The van der Waals surface area contributed by atoms with Crippen molar-refractivity contribution in [2.45, 2.75) is 0 Å². The van der Waals surface area contributed by atoms with Crippen LogP contribution < -0.4 is 10.5 Å². The lowest BCUT2D eigenvalue weighted by molar-refractivity contribution is -0.140. The number of rotatable bonds is 4. The number of hydrogen-bond acceptors (Lipinski definition) is 5. The second kappa shape index (κ2) is 5.01. The normalized spacial score (nSPS) is 9.56. The van der Waals surface area contributed by atoms with Gasteiger partial charge in [-0.1, -0.05) is 6.07 Å². The van der Waals surface area contributed by atoms with Gasteiger partial charge in [-0.25, -0.2) is 9.59 Å². The van der Waals surface area contributed by atoms with Gasteiger partial charge in [0.25, 0.3) is 0 Å². The van der Waals surface area contributed by atoms with E-state index in [1.807, 2.05) is 0 Å². The number of nitrogens with two attached hydrogens (primary N) is 1. The molecule has 1 aromatic rings. The van der Waals surface area contributed by atoms with Crippen LogP contribution in [0, 0.1) is 0 Å². The van der Waals surface area contributed by atoms with E-state index in [2.05, 4.69) is 4.74 Å². The third-order valence-corrected chi connectivity index (χ3v) is 1.83. The maximum atomic E-state index is 11.4. The molecule has 0 saturated carbocycles. The van der Waals surface area contributed by atoms with Gasteiger partial charge in [-0.3, -0.25) is 0 Å². The number of anilines is 1. The fourth-order valence-corrected chi connectivity index (χ4v) is 1.11. The monoisotopic (exact) mass is 225 g/mol. The predicted molar refractivity (Wildman–Crippen MR) is 55.3 cm³/mol. The lowest BCUT2D eigenvalue weighted by Gasteiger charge is -2.08. The lowest BCUT2D eigenvalue weighted by Crippen LogP contribution is -2.14. The standard InChI is InChI=1S/C10H11NO5/c1-15-7-4-2-3-6(9(7)11)10(14)16-5-8(12)13/h2-4H,5,11H2,1H3,(H,12,13). The Morgan fingerprint density at radius 3 is 2.69 bits per heavy atom. The van der Waals surface area contributed by atoms with Gasteiger partial charge in [0.15, 0.2) is 6.61 Å². The van der Waals surface area contributed by atoms with Crippen LogP contribution in [0.3, 0.4) is 0 Å². The lowest BCUT2D eigenvalue weighted by atomic mass is 10.1. The molecule has 16 heavy (non-hydrogen) atoms. The van der Waals surface area contributed by atoms with Gasteiger partial charge in [-0.2, -0.15) is 0 Å². The fourth-order valence-electron chi connectivity index (χ4n) is 1.11. The van der Waals surface area contributed by atoms with Crippen molar-refractivity contribution in [2.75, 3.05) is 19.5 Å². The minimum atomic E-state index is -1.23. The molecule has 1 rings (SSSR count). The van der Waals surface area contributed by atoms with Crippen LogP contribution in [0.1, 0.15) is 10.4 Å². The molecule has 0 saturated heterocycles. The number of para-hydroxylation sites is 1. The van der Waals surface area contributed by atoms with Crippen molar-refractivity contribution < 1.29 is 24.2 Å². The van der Waals surface area contributed by atoms with Crippen molar-refractivity contribution in [2.24, 2.45) is 0 Å². The molecular weight excluding hydrogens is 214 g/mol. The topological polar surface area (TPSA) is 98.8 Å². The smallest absolute Gasteiger partial charge is 0.341 e. The third-order valence-electron chi connectivity index (χ3n) is 1.83. The molecule has 6 heteroatoms. The molecule has 0 radical (unpaired) electrons. The van der Waals surface area contributed by atoms with E-state index in [0.29, 0.717) is 5.75 Å². The van der Waals surface area contributed by atoms with E-state index in [4.69, 9.17) is 15.6 Å². The highest BCUT2D eigenvalue weighted by Crippen LogP contribution is 2.25. The molecule has 0 atom stereocenters. The first-order valence-electron chi connectivity index (χ1n) is 4.37. The van der Waals surface area contributed by atoms with E-state index < -0.39 is 18.5 Å². The Morgan fingerprint density at radius 1 is 1.44 bits per heavy atom. The zero-order valence-corrected chi connectivity index (χ0v) is 8.60. The van der Waals surface area contributed by atoms with Gasteiger partial charge in [0, 0.05) is 0 Å². The van der Waals surface area contributed by atoms with Crippen molar-refractivity contribution in [1.82, 2.24) is 0 Å². The summed E-state index contributed by atoms with van der Waals surface area (Å²) in [6.07, 6.45) is 0. The maximum Gasteiger partial charge on any atom is 0.341 e. The van der Waals surface area contributed by atoms with Crippen molar-refractivity contribution in [3.05, 3.63) is 23.8 Å². The number of methoxy groups -OCH3 is 1. The highest BCUT2D eigenvalue weighted by molar-refractivity contribution is 5.97. The minimum Gasteiger partial charge on any atom is -0.495 e. The number of nitrogen functional groups attached to an aromatic ring is 1. The summed E-state index contributed by atoms with van der Waals surface area (Å²) >= 11 is 0. The third kappa shape index (κ3) is 2.63. The molecule has 0 aliphatic rings. The molecule has 3 N–H and O–H groups in total. The Bertz CT molecular complexity index is 416. The van der Waals surface area contributed by atoms with Crippen LogP contribution in [0.25, 0.3) is 0 Å². The van der Waals surface area contributed by atoms with Crippen molar-refractivity contribution in [3.63, 3.8) is 0 Å². The Balaban J connectivity index is 2.87. The summed E-state index contributed by atoms with van der Waals surface area (Å²) in [4.78, 5) is 21.6. The molecular formula is C10H11NO5. The average Bonchev–Trinajstić information content (AvgIpc) is 2.26. The van der Waals surface area contributed by atoms with Gasteiger partial charge in [0.1, 0.15) is 5.75 Å². The van der Waals surface area contributed by atoms with Crippen LogP contribution in [0.4, 0.5) is 5.69 Å². The Labute approximate surface area is 91.6 Å². The number of hydrogen-bond donors (Lipinski definition) is 2. The van der Waals surface area contributed by atoms with E-state index in [-0.39, 0.29) is 11.3 Å². The van der Waals surface area contributed by atoms with Gasteiger partial charge in [-0.05, 0) is 12.1 Å². The molecule has 0 aliphatic carbocycles. The van der Waals surface area contributed by atoms with Gasteiger partial charge < -0.3 is 20.3 Å². The summed E-state index contributed by atoms with van der Waals surface area (Å²) in [6, 6.07) is 4.58. The minimum absolute atomic E-state index is 0.0839. The number of carbonyl (C=O) groups is 2. The Kier molecular flexibility index (Phi) is 3.71. The van der Waals surface area contributed by atoms with Gasteiger partial charge in [0.2, 0.25) is 0 Å². The van der Waals surface area contributed by atoms with Crippen LogP contribution in [-0.2, 0) is 9.53 Å². The summed E-state index contributed by atoms with van der Waals surface area (Å²) in [6.45, 7) is -0.699. The molecule has 0 unspecified atom stereocenters. The van der Waals surface area contributed by atoms with E-state index in [1.165, 1.54) is 13.2 Å². The Hall–Kier alpha value is -2.24. The maximum absolute atomic E-state index is 11.4. The summed E-state index contributed by atoms with van der Waals surface area (Å²) in [7, 11) is 1.41. The van der Waals surface area contributed by atoms with Crippen LogP contribution in [0.2, 0.25) is 0 Å². The number of carboxylic acid groups (broad SMARTS) is 1. The molecule has 1 aromatic carbocycles. The van der Waals surface area contributed by atoms with E-state index in [1.54, 1.807) is 12.1 Å². The quantitative estimate of drug-likeness (QED) is 0.572. The summed E-state index contributed by atoms with van der Waals surface area (Å²) in [5.74, 6) is -1.68. The number of aliphatic carboxylic acids is 1. The van der Waals surface area contributed by atoms with Crippen LogP contribution in [-0.4, -0.2) is 30.8 Å². The average molecular weight is 225 g/mol. The summed E-state index contributed by atoms with van der Waals surface area (Å²) in [5, 5.41) is 8.35. The first kappa shape index (κ1) is 11.8. The zero-order valence-electron chi connectivity index (χ0n) is 8.60. The van der Waals surface area contributed by atoms with E-state index in [9.17, 15) is 9.59 Å². The summed E-state index contributed by atoms with van der Waals surface area (Å²) < 4.78 is 9.41. The first-order valence-corrected chi connectivity index (χ1v) is 4.37. The van der Waals surface area contributed by atoms with Crippen LogP contribution >= 0.6 is 0 Å². The molecule has 0 aliphatic heterocycles. The van der Waals surface area contributed by atoms with Crippen LogP contribution in [0.15, 0.2) is 18.2 Å². The fraction of sp³-hybridized carbons (Fsp3) is 0.200. The van der Waals surface area contributed by atoms with Crippen molar-refractivity contribution >= 4 is 17.6 Å². The Morgan fingerprint density at radius 2 is 2.12 bits per heavy atom. The van der Waals surface area contributed by atoms with Gasteiger partial charge in [0.05, 0.1) is 18.4 Å². The highest BCUT2D eigenvalue weighted by Gasteiger charge is 2.15. The zero-order chi connectivity index (χ0) is 12.1. The second-order valence-electron chi connectivity index (χ2n) is 2.89. The number of esters is 1. The largest absolute Gasteiger partial charge is 0.495 e. The molecule has 0 heterocycles. The molecule has 0 aromatic heterocycles. The van der Waals surface area contributed by atoms with Gasteiger partial charge in [-0.15, -0.1) is 0 Å². The molecule has 0 spiro atoms. The molecule has 0 bridgehead atoms. The van der Waals surface area contributed by atoms with Crippen molar-refractivity contribution in [1.29, 1.82) is 0 Å². The number of carboxylic acids is 1. The first-order chi connectivity index (χ1) is 7.56. The second-order valence-corrected chi connectivity index (χ2v) is 2.89. The summed E-state index contributed by atoms with van der Waals surface area (Å²) in [5.41, 5.74) is 5.84. The van der Waals surface area contributed by atoms with Crippen molar-refractivity contribution in [3.8, 4) is 5.75 Å². The number of benzene rings is 1. The molecule has 6 nitrogen and oxygen atoms in total. The van der Waals surface area contributed by atoms with Gasteiger partial charge >= 0.3 is 11.9 Å². The highest BCUT2D eigenvalue weighted by atomic mass is 16.5. The number of carbonyl (C=O) groups excluding carboxylic acids is 1.